The number of piperazine rings is 1. The van der Waals surface area contributed by atoms with Crippen LogP contribution in [-0.2, 0) is 24.2 Å². The fourth-order valence-electron chi connectivity index (χ4n) is 4.88. The summed E-state index contributed by atoms with van der Waals surface area (Å²) < 4.78 is 1.69. The number of rotatable bonds is 6. The van der Waals surface area contributed by atoms with Crippen LogP contribution >= 0.6 is 23.1 Å². The van der Waals surface area contributed by atoms with Gasteiger partial charge in [0.2, 0.25) is 5.91 Å². The third kappa shape index (κ3) is 4.53. The van der Waals surface area contributed by atoms with Gasteiger partial charge in [-0.2, -0.15) is 0 Å². The number of carbonyl (C=O) groups excluding carboxylic acids is 1. The average Bonchev–Trinajstić information content (AvgIpc) is 3.22. The predicted octanol–water partition coefficient (Wildman–Crippen LogP) is 4.21. The number of nitrogens with zero attached hydrogens (tertiary/aromatic N) is 4. The van der Waals surface area contributed by atoms with Gasteiger partial charge < -0.3 is 9.80 Å². The molecule has 0 saturated carbocycles. The van der Waals surface area contributed by atoms with Crippen molar-refractivity contribution in [3.05, 3.63) is 63.8 Å². The summed E-state index contributed by atoms with van der Waals surface area (Å²) in [7, 11) is 0. The van der Waals surface area contributed by atoms with Crippen LogP contribution < -0.4 is 10.5 Å². The van der Waals surface area contributed by atoms with Gasteiger partial charge in [0, 0.05) is 43.3 Å². The van der Waals surface area contributed by atoms with E-state index >= 15 is 0 Å². The minimum absolute atomic E-state index is 0.00313. The molecule has 0 radical (unpaired) electrons. The summed E-state index contributed by atoms with van der Waals surface area (Å²) in [4.78, 5) is 37.6. The molecule has 1 saturated heterocycles. The quantitative estimate of drug-likeness (QED) is 0.292. The maximum Gasteiger partial charge on any atom is 0.263 e. The van der Waals surface area contributed by atoms with Gasteiger partial charge in [0.1, 0.15) is 4.83 Å². The second kappa shape index (κ2) is 9.96. The highest BCUT2D eigenvalue weighted by atomic mass is 32.2. The minimum Gasteiger partial charge on any atom is -0.368 e. The highest BCUT2D eigenvalue weighted by Gasteiger charge is 2.26. The number of aryl methyl sites for hydroxylation is 1. The molecule has 34 heavy (non-hydrogen) atoms. The lowest BCUT2D eigenvalue weighted by Crippen LogP contribution is -2.49. The van der Waals surface area contributed by atoms with Crippen molar-refractivity contribution in [1.29, 1.82) is 0 Å². The van der Waals surface area contributed by atoms with E-state index in [2.05, 4.69) is 30.5 Å². The lowest BCUT2D eigenvalue weighted by Gasteiger charge is -2.36. The van der Waals surface area contributed by atoms with E-state index in [1.165, 1.54) is 27.9 Å². The van der Waals surface area contributed by atoms with Crippen LogP contribution in [-0.4, -0.2) is 52.3 Å². The van der Waals surface area contributed by atoms with Gasteiger partial charge in [-0.3, -0.25) is 14.2 Å². The third-order valence-electron chi connectivity index (χ3n) is 6.77. The topological polar surface area (TPSA) is 58.4 Å². The molecule has 6 nitrogen and oxygen atoms in total. The highest BCUT2D eigenvalue weighted by molar-refractivity contribution is 7.99. The van der Waals surface area contributed by atoms with Gasteiger partial charge >= 0.3 is 0 Å². The first-order valence-corrected chi connectivity index (χ1v) is 13.7. The maximum atomic E-state index is 13.4. The summed E-state index contributed by atoms with van der Waals surface area (Å²) in [5.41, 5.74) is 2.39. The number of allylic oxidation sites excluding steroid dienone is 1. The molecule has 1 aromatic carbocycles. The van der Waals surface area contributed by atoms with Crippen LogP contribution in [0.1, 0.15) is 23.8 Å². The Morgan fingerprint density at radius 2 is 2.00 bits per heavy atom. The number of anilines is 1. The Hall–Kier alpha value is -2.58. The van der Waals surface area contributed by atoms with Gasteiger partial charge in [-0.05, 0) is 42.9 Å². The standard InChI is InChI=1S/C26H30N4O2S2/c1-3-11-30-25(32)23-20-10-9-18(2)16-21(20)34-24(23)27-26(30)33-17-22(31)29-14-12-28(13-15-29)19-7-5-4-6-8-19/h3-8,18H,1,9-17H2,2H3. The normalized spacial score (nSPS) is 18.2. The Balaban J connectivity index is 1.31. The van der Waals surface area contributed by atoms with E-state index in [1.807, 2.05) is 23.1 Å². The summed E-state index contributed by atoms with van der Waals surface area (Å²) in [6.07, 6.45) is 4.81. The number of amides is 1. The monoisotopic (exact) mass is 494 g/mol. The summed E-state index contributed by atoms with van der Waals surface area (Å²) in [5.74, 6) is 1.02. The van der Waals surface area contributed by atoms with Crippen molar-refractivity contribution < 1.29 is 4.79 Å². The zero-order valence-corrected chi connectivity index (χ0v) is 21.2. The molecule has 1 aliphatic heterocycles. The zero-order chi connectivity index (χ0) is 23.7. The number of para-hydroxylation sites is 1. The van der Waals surface area contributed by atoms with E-state index in [0.717, 1.165) is 42.6 Å². The van der Waals surface area contributed by atoms with E-state index in [0.29, 0.717) is 30.7 Å². The first kappa shape index (κ1) is 23.2. The number of hydrogen-bond donors (Lipinski definition) is 0. The van der Waals surface area contributed by atoms with E-state index in [1.54, 1.807) is 22.0 Å². The van der Waals surface area contributed by atoms with Crippen molar-refractivity contribution in [2.24, 2.45) is 5.92 Å². The van der Waals surface area contributed by atoms with Crippen LogP contribution in [0.15, 0.2) is 52.9 Å². The summed E-state index contributed by atoms with van der Waals surface area (Å²) >= 11 is 3.02. The summed E-state index contributed by atoms with van der Waals surface area (Å²) in [6.45, 7) is 9.55. The smallest absolute Gasteiger partial charge is 0.263 e. The zero-order valence-electron chi connectivity index (χ0n) is 19.5. The molecule has 2 aromatic heterocycles. The molecular formula is C26H30N4O2S2. The molecule has 8 heteroatoms. The molecule has 178 valence electrons. The fourth-order valence-corrected chi connectivity index (χ4v) is 7.21. The van der Waals surface area contributed by atoms with Gasteiger partial charge in [-0.25, -0.2) is 4.98 Å². The number of fused-ring (bicyclic) bond motifs is 3. The number of benzene rings is 1. The Morgan fingerprint density at radius 3 is 2.74 bits per heavy atom. The molecule has 0 N–H and O–H groups in total. The number of thiophene rings is 1. The van der Waals surface area contributed by atoms with Gasteiger partial charge in [0.25, 0.3) is 5.56 Å². The fraction of sp³-hybridized carbons (Fsp3) is 0.423. The van der Waals surface area contributed by atoms with Crippen molar-refractivity contribution in [3.8, 4) is 0 Å². The number of aromatic nitrogens is 2. The predicted molar refractivity (Wildman–Crippen MR) is 141 cm³/mol. The first-order valence-electron chi connectivity index (χ1n) is 11.9. The van der Waals surface area contributed by atoms with Gasteiger partial charge in [0.05, 0.1) is 11.1 Å². The number of hydrogen-bond acceptors (Lipinski definition) is 6. The molecule has 1 atom stereocenters. The van der Waals surface area contributed by atoms with Crippen molar-refractivity contribution in [3.63, 3.8) is 0 Å². The van der Waals surface area contributed by atoms with Gasteiger partial charge in [-0.1, -0.05) is 43.0 Å². The van der Waals surface area contributed by atoms with E-state index < -0.39 is 0 Å². The van der Waals surface area contributed by atoms with E-state index in [-0.39, 0.29) is 17.2 Å². The van der Waals surface area contributed by atoms with Crippen LogP contribution in [0, 0.1) is 5.92 Å². The Kier molecular flexibility index (Phi) is 6.79. The lowest BCUT2D eigenvalue weighted by atomic mass is 9.89. The molecule has 1 amide bonds. The second-order valence-corrected chi connectivity index (χ2v) is 11.1. The minimum atomic E-state index is 0.00313. The van der Waals surface area contributed by atoms with Crippen molar-refractivity contribution >= 4 is 44.9 Å². The largest absolute Gasteiger partial charge is 0.368 e. The number of thioether (sulfide) groups is 1. The first-order chi connectivity index (χ1) is 16.5. The molecule has 3 heterocycles. The third-order valence-corrected chi connectivity index (χ3v) is 8.88. The molecule has 0 bridgehead atoms. The van der Waals surface area contributed by atoms with Crippen LogP contribution in [0.4, 0.5) is 5.69 Å². The number of carbonyl (C=O) groups is 1. The molecule has 0 spiro atoms. The maximum absolute atomic E-state index is 13.4. The van der Waals surface area contributed by atoms with Gasteiger partial charge in [-0.15, -0.1) is 17.9 Å². The molecule has 1 aliphatic carbocycles. The van der Waals surface area contributed by atoms with Crippen LogP contribution in [0.2, 0.25) is 0 Å². The van der Waals surface area contributed by atoms with Crippen LogP contribution in [0.25, 0.3) is 10.2 Å². The molecule has 1 unspecified atom stereocenters. The SMILES string of the molecule is C=CCn1c(SCC(=O)N2CCN(c3ccccc3)CC2)nc2sc3c(c2c1=O)CCC(C)C3. The Labute approximate surface area is 208 Å². The second-order valence-electron chi connectivity index (χ2n) is 9.12. The van der Waals surface area contributed by atoms with Crippen molar-refractivity contribution in [2.75, 3.05) is 36.8 Å². The summed E-state index contributed by atoms with van der Waals surface area (Å²) in [6, 6.07) is 10.3. The highest BCUT2D eigenvalue weighted by Crippen LogP contribution is 2.36. The van der Waals surface area contributed by atoms with Crippen molar-refractivity contribution in [2.45, 2.75) is 37.9 Å². The lowest BCUT2D eigenvalue weighted by molar-refractivity contribution is -0.128. The molecule has 2 aliphatic rings. The van der Waals surface area contributed by atoms with Crippen LogP contribution in [0.5, 0.6) is 0 Å². The average molecular weight is 495 g/mol. The Morgan fingerprint density at radius 1 is 1.24 bits per heavy atom. The molecule has 5 rings (SSSR count). The summed E-state index contributed by atoms with van der Waals surface area (Å²) in [5, 5.41) is 1.39. The Bertz CT molecular complexity index is 1260. The molecule has 3 aromatic rings. The van der Waals surface area contributed by atoms with Crippen LogP contribution in [0.3, 0.4) is 0 Å². The molecular weight excluding hydrogens is 464 g/mol. The molecule has 1 fully saturated rings. The van der Waals surface area contributed by atoms with Crippen molar-refractivity contribution in [1.82, 2.24) is 14.5 Å². The van der Waals surface area contributed by atoms with E-state index in [9.17, 15) is 9.59 Å². The van der Waals surface area contributed by atoms with E-state index in [4.69, 9.17) is 4.98 Å². The van der Waals surface area contributed by atoms with Gasteiger partial charge in [0.15, 0.2) is 5.16 Å².